The van der Waals surface area contributed by atoms with Crippen molar-refractivity contribution in [2.24, 2.45) is 0 Å². The average molecular weight is 1160 g/mol. The second kappa shape index (κ2) is 52.5. The minimum atomic E-state index is -1.79. The first-order valence-corrected chi connectivity index (χ1v) is 32.8. The van der Waals surface area contributed by atoms with Gasteiger partial charge in [-0.15, -0.1) is 0 Å². The number of aliphatic hydroxyl groups is 8. The third-order valence-corrected chi connectivity index (χ3v) is 15.5. The third-order valence-electron chi connectivity index (χ3n) is 15.5. The van der Waals surface area contributed by atoms with Crippen molar-refractivity contribution < 1.29 is 64.6 Å². The molecule has 0 radical (unpaired) electrons. The molecular formula is C68H119NO13. The Kier molecular flexibility index (Phi) is 48.2. The first-order valence-electron chi connectivity index (χ1n) is 32.8. The van der Waals surface area contributed by atoms with E-state index in [-0.39, 0.29) is 18.9 Å². The first kappa shape index (κ1) is 75.3. The van der Waals surface area contributed by atoms with Crippen molar-refractivity contribution in [1.29, 1.82) is 0 Å². The van der Waals surface area contributed by atoms with Crippen LogP contribution in [0.2, 0.25) is 0 Å². The van der Waals surface area contributed by atoms with Gasteiger partial charge in [-0.25, -0.2) is 0 Å². The number of ether oxygens (including phenoxy) is 4. The molecule has 2 saturated heterocycles. The van der Waals surface area contributed by atoms with Crippen molar-refractivity contribution in [2.75, 3.05) is 19.8 Å². The van der Waals surface area contributed by atoms with E-state index in [0.717, 1.165) is 70.6 Å². The second-order valence-electron chi connectivity index (χ2n) is 22.8. The molecule has 1 amide bonds. The van der Waals surface area contributed by atoms with Gasteiger partial charge in [-0.05, 0) is 83.5 Å². The fourth-order valence-electron chi connectivity index (χ4n) is 10.3. The first-order chi connectivity index (χ1) is 40.1. The SMILES string of the molecule is CC/C=C\C/C=C\C/C=C\C/C=C\CCCCCCCCCCCCCCCCCCCCC(=O)NC(COC1OC(CO)C(OC2OC(CO)C(O)C(O)C2O)C(O)C1O)C(O)/C=C/CC/C=C/CC/C=C/CCCCCCCCC. The fraction of sp³-hybridized carbons (Fsp3) is 0.779. The van der Waals surface area contributed by atoms with Crippen LogP contribution in [0.25, 0.3) is 0 Å². The van der Waals surface area contributed by atoms with Crippen LogP contribution >= 0.6 is 0 Å². The second-order valence-corrected chi connectivity index (χ2v) is 22.8. The summed E-state index contributed by atoms with van der Waals surface area (Å²) in [6.45, 7) is 2.66. The Morgan fingerprint density at radius 2 is 0.854 bits per heavy atom. The number of carbonyl (C=O) groups is 1. The Morgan fingerprint density at radius 1 is 0.451 bits per heavy atom. The van der Waals surface area contributed by atoms with E-state index in [0.29, 0.717) is 12.8 Å². The summed E-state index contributed by atoms with van der Waals surface area (Å²) in [6, 6.07) is -0.941. The average Bonchev–Trinajstić information content (AvgIpc) is 3.52. The normalized spacial score (nSPS) is 24.5. The van der Waals surface area contributed by atoms with Crippen LogP contribution in [0.1, 0.15) is 245 Å². The van der Waals surface area contributed by atoms with E-state index in [1.54, 1.807) is 6.08 Å². The molecule has 12 unspecified atom stereocenters. The Morgan fingerprint density at radius 3 is 1.34 bits per heavy atom. The quantitative estimate of drug-likeness (QED) is 0.0204. The molecule has 0 bridgehead atoms. The van der Waals surface area contributed by atoms with Crippen LogP contribution in [-0.2, 0) is 23.7 Å². The number of allylic oxidation sites excluding steroid dienone is 13. The molecule has 0 saturated carbocycles. The Hall–Kier alpha value is -2.83. The van der Waals surface area contributed by atoms with Crippen molar-refractivity contribution in [2.45, 2.75) is 319 Å². The van der Waals surface area contributed by atoms with Crippen LogP contribution in [0.3, 0.4) is 0 Å². The summed E-state index contributed by atoms with van der Waals surface area (Å²) in [6.07, 6.45) is 54.9. The molecule has 2 fully saturated rings. The predicted octanol–water partition coefficient (Wildman–Crippen LogP) is 12.4. The molecule has 2 rings (SSSR count). The van der Waals surface area contributed by atoms with Crippen LogP contribution in [-0.4, -0.2) is 140 Å². The molecule has 0 aromatic carbocycles. The maximum Gasteiger partial charge on any atom is 0.220 e. The third kappa shape index (κ3) is 36.9. The minimum absolute atomic E-state index is 0.254. The molecular weight excluding hydrogens is 1040 g/mol. The minimum Gasteiger partial charge on any atom is -0.394 e. The maximum atomic E-state index is 13.3. The zero-order valence-corrected chi connectivity index (χ0v) is 51.2. The van der Waals surface area contributed by atoms with E-state index in [4.69, 9.17) is 18.9 Å². The molecule has 2 heterocycles. The predicted molar refractivity (Wildman–Crippen MR) is 332 cm³/mol. The molecule has 14 nitrogen and oxygen atoms in total. The van der Waals surface area contributed by atoms with Gasteiger partial charge in [0.25, 0.3) is 0 Å². The zero-order valence-electron chi connectivity index (χ0n) is 51.2. The number of rotatable bonds is 52. The summed E-state index contributed by atoms with van der Waals surface area (Å²) < 4.78 is 22.8. The molecule has 474 valence electrons. The van der Waals surface area contributed by atoms with Gasteiger partial charge in [0, 0.05) is 6.42 Å². The molecule has 12 atom stereocenters. The van der Waals surface area contributed by atoms with Gasteiger partial charge < -0.3 is 65.1 Å². The van der Waals surface area contributed by atoms with E-state index < -0.39 is 86.8 Å². The molecule has 2 aliphatic rings. The smallest absolute Gasteiger partial charge is 0.220 e. The fourth-order valence-corrected chi connectivity index (χ4v) is 10.3. The van der Waals surface area contributed by atoms with Crippen molar-refractivity contribution in [3.63, 3.8) is 0 Å². The van der Waals surface area contributed by atoms with Crippen LogP contribution in [0.15, 0.2) is 85.1 Å². The molecule has 0 aromatic rings. The summed E-state index contributed by atoms with van der Waals surface area (Å²) in [5.41, 5.74) is 0. The molecule has 0 aromatic heterocycles. The maximum absolute atomic E-state index is 13.3. The summed E-state index contributed by atoms with van der Waals surface area (Å²) in [7, 11) is 0. The molecule has 82 heavy (non-hydrogen) atoms. The van der Waals surface area contributed by atoms with Crippen LogP contribution in [0, 0.1) is 0 Å². The van der Waals surface area contributed by atoms with E-state index in [2.05, 4.69) is 92.1 Å². The highest BCUT2D eigenvalue weighted by atomic mass is 16.7. The van der Waals surface area contributed by atoms with E-state index >= 15 is 0 Å². The Balaban J connectivity index is 1.68. The van der Waals surface area contributed by atoms with Gasteiger partial charge in [-0.1, -0.05) is 240 Å². The Bertz CT molecular complexity index is 1700. The van der Waals surface area contributed by atoms with E-state index in [1.165, 1.54) is 141 Å². The van der Waals surface area contributed by atoms with Gasteiger partial charge in [0.15, 0.2) is 12.6 Å². The highest BCUT2D eigenvalue weighted by Crippen LogP contribution is 2.30. The number of amides is 1. The number of unbranched alkanes of at least 4 members (excludes halogenated alkanes) is 27. The number of carbonyl (C=O) groups excluding carboxylic acids is 1. The lowest BCUT2D eigenvalue weighted by Crippen LogP contribution is -2.65. The van der Waals surface area contributed by atoms with E-state index in [9.17, 15) is 45.6 Å². The topological polar surface area (TPSA) is 228 Å². The van der Waals surface area contributed by atoms with Gasteiger partial charge in [0.05, 0.1) is 32.0 Å². The van der Waals surface area contributed by atoms with Gasteiger partial charge >= 0.3 is 0 Å². The summed E-state index contributed by atoms with van der Waals surface area (Å²) >= 11 is 0. The molecule has 0 spiro atoms. The molecule has 2 aliphatic heterocycles. The lowest BCUT2D eigenvalue weighted by molar-refractivity contribution is -0.359. The monoisotopic (exact) mass is 1160 g/mol. The summed E-state index contributed by atoms with van der Waals surface area (Å²) in [5, 5.41) is 87.2. The number of aliphatic hydroxyl groups excluding tert-OH is 8. The largest absolute Gasteiger partial charge is 0.394 e. The van der Waals surface area contributed by atoms with Gasteiger partial charge in [-0.3, -0.25) is 4.79 Å². The van der Waals surface area contributed by atoms with Crippen molar-refractivity contribution >= 4 is 5.91 Å². The number of nitrogens with one attached hydrogen (secondary N) is 1. The molecule has 0 aliphatic carbocycles. The van der Waals surface area contributed by atoms with Crippen molar-refractivity contribution in [1.82, 2.24) is 5.32 Å². The number of hydrogen-bond acceptors (Lipinski definition) is 13. The van der Waals surface area contributed by atoms with Crippen LogP contribution in [0.4, 0.5) is 0 Å². The summed E-state index contributed by atoms with van der Waals surface area (Å²) in [5.74, 6) is -0.254. The Labute approximate surface area is 497 Å². The molecule has 14 heteroatoms. The number of hydrogen-bond donors (Lipinski definition) is 9. The van der Waals surface area contributed by atoms with Gasteiger partial charge in [-0.2, -0.15) is 0 Å². The highest BCUT2D eigenvalue weighted by molar-refractivity contribution is 5.76. The van der Waals surface area contributed by atoms with Crippen molar-refractivity contribution in [3.05, 3.63) is 85.1 Å². The van der Waals surface area contributed by atoms with E-state index in [1.807, 2.05) is 6.08 Å². The molecule has 9 N–H and O–H groups in total. The lowest BCUT2D eigenvalue weighted by atomic mass is 9.97. The van der Waals surface area contributed by atoms with Crippen molar-refractivity contribution in [3.8, 4) is 0 Å². The zero-order chi connectivity index (χ0) is 59.5. The lowest BCUT2D eigenvalue weighted by Gasteiger charge is -2.46. The van der Waals surface area contributed by atoms with Gasteiger partial charge in [0.1, 0.15) is 48.8 Å². The summed E-state index contributed by atoms with van der Waals surface area (Å²) in [4.78, 5) is 13.3. The van der Waals surface area contributed by atoms with Gasteiger partial charge in [0.2, 0.25) is 5.91 Å². The highest BCUT2D eigenvalue weighted by Gasteiger charge is 2.51. The van der Waals surface area contributed by atoms with Crippen LogP contribution < -0.4 is 5.32 Å². The van der Waals surface area contributed by atoms with Crippen LogP contribution in [0.5, 0.6) is 0 Å². The standard InChI is InChI=1S/C68H119NO13/c1-3-5-7-9-11-13-15-17-19-21-22-23-24-25-26-27-28-29-30-31-32-33-34-36-38-40-42-44-46-48-50-52-60(73)69-56(57(72)51-49-47-45-43-41-39-37-35-20-18-16-14-12-10-8-6-4-2)55-79-67-65(78)63(76)66(59(54-71)81-67)82-68-64(77)62(75)61(74)58(53-70)80-68/h5,7,11,13,17,19-20,22-23,35,41,43,49,51,56-59,61-68,70-72,74-78H,3-4,6,8-10,12,14-16,18,21,24-34,36-40,42,44-48,50,52-55H2,1-2H3,(H,69,73)/b7-5-,13-11-,19-17-,23-22-,35-20+,43-41+,51-49+.